The quantitative estimate of drug-likeness (QED) is 0.883. The molecule has 3 nitrogen and oxygen atoms in total. The van der Waals surface area contributed by atoms with E-state index in [-0.39, 0.29) is 5.56 Å². The van der Waals surface area contributed by atoms with Crippen LogP contribution in [0.5, 0.6) is 0 Å². The van der Waals surface area contributed by atoms with Crippen molar-refractivity contribution in [1.82, 2.24) is 4.57 Å². The fraction of sp³-hybridized carbons (Fsp3) is 0.214. The predicted molar refractivity (Wildman–Crippen MR) is 77.6 cm³/mol. The Morgan fingerprint density at radius 2 is 2.06 bits per heavy atom. The first-order valence-electron chi connectivity index (χ1n) is 5.85. The number of rotatable bonds is 4. The third-order valence-electron chi connectivity index (χ3n) is 2.76. The number of hydrogen-bond acceptors (Lipinski definition) is 2. The Morgan fingerprint density at radius 1 is 1.22 bits per heavy atom. The van der Waals surface area contributed by atoms with Crippen LogP contribution < -0.4 is 11.3 Å². The molecular weight excluding hydrogens is 292 g/mol. The summed E-state index contributed by atoms with van der Waals surface area (Å²) >= 11 is 3.37. The standard InChI is InChI=1S/C14H15BrN2O/c15-12-6-7-14(18)17(10-12)8-2-4-11-3-1-5-13(16)9-11/h1,3,5-7,9-10H,2,4,8,16H2. The minimum absolute atomic E-state index is 0.0331. The van der Waals surface area contributed by atoms with Crippen molar-refractivity contribution in [3.63, 3.8) is 0 Å². The Balaban J connectivity index is 1.96. The Morgan fingerprint density at radius 3 is 2.83 bits per heavy atom. The molecule has 4 heteroatoms. The number of pyridine rings is 1. The van der Waals surface area contributed by atoms with Crippen molar-refractivity contribution in [1.29, 1.82) is 0 Å². The smallest absolute Gasteiger partial charge is 0.250 e. The van der Waals surface area contributed by atoms with Crippen molar-refractivity contribution in [3.05, 3.63) is 63.0 Å². The zero-order chi connectivity index (χ0) is 13.0. The van der Waals surface area contributed by atoms with Crippen LogP contribution in [0, 0.1) is 0 Å². The molecule has 94 valence electrons. The molecule has 0 unspecified atom stereocenters. The molecule has 2 N–H and O–H groups in total. The minimum atomic E-state index is 0.0331. The van der Waals surface area contributed by atoms with E-state index in [0.29, 0.717) is 6.54 Å². The van der Waals surface area contributed by atoms with Crippen molar-refractivity contribution in [3.8, 4) is 0 Å². The molecule has 0 aliphatic rings. The fourth-order valence-electron chi connectivity index (χ4n) is 1.88. The van der Waals surface area contributed by atoms with Crippen LogP contribution in [-0.4, -0.2) is 4.57 Å². The van der Waals surface area contributed by atoms with Crippen LogP contribution in [0.25, 0.3) is 0 Å². The van der Waals surface area contributed by atoms with E-state index in [2.05, 4.69) is 22.0 Å². The molecule has 0 fully saturated rings. The van der Waals surface area contributed by atoms with E-state index >= 15 is 0 Å². The average Bonchev–Trinajstić information content (AvgIpc) is 2.34. The van der Waals surface area contributed by atoms with Crippen LogP contribution in [0.2, 0.25) is 0 Å². The van der Waals surface area contributed by atoms with Crippen LogP contribution in [0.3, 0.4) is 0 Å². The van der Waals surface area contributed by atoms with Gasteiger partial charge in [-0.1, -0.05) is 12.1 Å². The van der Waals surface area contributed by atoms with Crippen LogP contribution >= 0.6 is 15.9 Å². The molecule has 0 amide bonds. The zero-order valence-corrected chi connectivity index (χ0v) is 11.6. The lowest BCUT2D eigenvalue weighted by Gasteiger charge is -2.06. The van der Waals surface area contributed by atoms with Gasteiger partial charge in [0.05, 0.1) is 0 Å². The van der Waals surface area contributed by atoms with Crippen molar-refractivity contribution in [2.24, 2.45) is 0 Å². The maximum atomic E-state index is 11.6. The van der Waals surface area contributed by atoms with Crippen LogP contribution in [0.15, 0.2) is 51.9 Å². The van der Waals surface area contributed by atoms with E-state index < -0.39 is 0 Å². The highest BCUT2D eigenvalue weighted by atomic mass is 79.9. The number of benzene rings is 1. The largest absolute Gasteiger partial charge is 0.399 e. The van der Waals surface area contributed by atoms with E-state index in [1.165, 1.54) is 5.56 Å². The normalized spacial score (nSPS) is 10.5. The Hall–Kier alpha value is -1.55. The maximum Gasteiger partial charge on any atom is 0.250 e. The highest BCUT2D eigenvalue weighted by Crippen LogP contribution is 2.10. The van der Waals surface area contributed by atoms with E-state index in [0.717, 1.165) is 23.0 Å². The van der Waals surface area contributed by atoms with Gasteiger partial charge in [0.15, 0.2) is 0 Å². The summed E-state index contributed by atoms with van der Waals surface area (Å²) in [5.74, 6) is 0. The summed E-state index contributed by atoms with van der Waals surface area (Å²) in [5, 5.41) is 0. The van der Waals surface area contributed by atoms with Gasteiger partial charge < -0.3 is 10.3 Å². The van der Waals surface area contributed by atoms with Crippen molar-refractivity contribution in [2.75, 3.05) is 5.73 Å². The van der Waals surface area contributed by atoms with Gasteiger partial charge in [0, 0.05) is 29.0 Å². The monoisotopic (exact) mass is 306 g/mol. The molecule has 0 radical (unpaired) electrons. The van der Waals surface area contributed by atoms with E-state index in [1.807, 2.05) is 24.4 Å². The number of anilines is 1. The number of nitrogen functional groups attached to an aromatic ring is 1. The van der Waals surface area contributed by atoms with Gasteiger partial charge in [-0.2, -0.15) is 0 Å². The minimum Gasteiger partial charge on any atom is -0.399 e. The molecular formula is C14H15BrN2O. The van der Waals surface area contributed by atoms with E-state index in [9.17, 15) is 4.79 Å². The second kappa shape index (κ2) is 5.87. The van der Waals surface area contributed by atoms with Crippen LogP contribution in [-0.2, 0) is 13.0 Å². The molecule has 1 heterocycles. The lowest BCUT2D eigenvalue weighted by Crippen LogP contribution is -2.18. The van der Waals surface area contributed by atoms with Gasteiger partial charge in [0.25, 0.3) is 5.56 Å². The summed E-state index contributed by atoms with van der Waals surface area (Å²) < 4.78 is 2.64. The Labute approximate surface area is 114 Å². The maximum absolute atomic E-state index is 11.6. The molecule has 1 aromatic heterocycles. The van der Waals surface area contributed by atoms with Gasteiger partial charge >= 0.3 is 0 Å². The molecule has 0 aliphatic heterocycles. The first-order valence-corrected chi connectivity index (χ1v) is 6.65. The number of halogens is 1. The molecule has 2 rings (SSSR count). The van der Waals surface area contributed by atoms with Gasteiger partial charge in [-0.3, -0.25) is 4.79 Å². The van der Waals surface area contributed by atoms with Gasteiger partial charge in [-0.15, -0.1) is 0 Å². The Kier molecular flexibility index (Phi) is 4.20. The molecule has 0 spiro atoms. The van der Waals surface area contributed by atoms with Gasteiger partial charge in [0.1, 0.15) is 0 Å². The number of nitrogens with two attached hydrogens (primary N) is 1. The van der Waals surface area contributed by atoms with Crippen molar-refractivity contribution >= 4 is 21.6 Å². The highest BCUT2D eigenvalue weighted by Gasteiger charge is 1.98. The first kappa shape index (κ1) is 12.9. The third-order valence-corrected chi connectivity index (χ3v) is 3.23. The van der Waals surface area contributed by atoms with E-state index in [4.69, 9.17) is 5.73 Å². The molecule has 0 aliphatic carbocycles. The molecule has 18 heavy (non-hydrogen) atoms. The van der Waals surface area contributed by atoms with Gasteiger partial charge in [0.2, 0.25) is 0 Å². The second-order valence-electron chi connectivity index (χ2n) is 4.23. The van der Waals surface area contributed by atoms with Crippen LogP contribution in [0.4, 0.5) is 5.69 Å². The van der Waals surface area contributed by atoms with Crippen molar-refractivity contribution in [2.45, 2.75) is 19.4 Å². The van der Waals surface area contributed by atoms with Gasteiger partial charge in [-0.25, -0.2) is 0 Å². The first-order chi connectivity index (χ1) is 8.65. The predicted octanol–water partition coefficient (Wildman–Crippen LogP) is 2.83. The number of aryl methyl sites for hydroxylation is 2. The molecule has 0 saturated carbocycles. The van der Waals surface area contributed by atoms with Gasteiger partial charge in [-0.05, 0) is 52.5 Å². The number of nitrogens with zero attached hydrogens (tertiary/aromatic N) is 1. The molecule has 0 atom stereocenters. The average molecular weight is 307 g/mol. The summed E-state index contributed by atoms with van der Waals surface area (Å²) in [6.07, 6.45) is 3.66. The summed E-state index contributed by atoms with van der Waals surface area (Å²) in [6.45, 7) is 0.715. The number of aromatic nitrogens is 1. The van der Waals surface area contributed by atoms with Crippen molar-refractivity contribution < 1.29 is 0 Å². The lowest BCUT2D eigenvalue weighted by molar-refractivity contribution is 0.621. The molecule has 0 bridgehead atoms. The SMILES string of the molecule is Nc1cccc(CCCn2cc(Br)ccc2=O)c1. The summed E-state index contributed by atoms with van der Waals surface area (Å²) in [7, 11) is 0. The fourth-order valence-corrected chi connectivity index (χ4v) is 2.26. The third kappa shape index (κ3) is 3.47. The lowest BCUT2D eigenvalue weighted by atomic mass is 10.1. The summed E-state index contributed by atoms with van der Waals surface area (Å²) in [6, 6.07) is 11.2. The van der Waals surface area contributed by atoms with E-state index in [1.54, 1.807) is 16.7 Å². The summed E-state index contributed by atoms with van der Waals surface area (Å²) in [5.41, 5.74) is 7.75. The number of hydrogen-bond donors (Lipinski definition) is 1. The van der Waals surface area contributed by atoms with Crippen LogP contribution in [0.1, 0.15) is 12.0 Å². The highest BCUT2D eigenvalue weighted by molar-refractivity contribution is 9.10. The molecule has 0 saturated heterocycles. The summed E-state index contributed by atoms with van der Waals surface area (Å²) in [4.78, 5) is 11.6. The topological polar surface area (TPSA) is 48.0 Å². The molecule has 1 aromatic carbocycles. The second-order valence-corrected chi connectivity index (χ2v) is 5.14. The molecule has 2 aromatic rings. The Bertz CT molecular complexity index is 592. The zero-order valence-electron chi connectivity index (χ0n) is 9.97.